The molecule has 0 aliphatic carbocycles. The number of amides is 1. The molecule has 6 heteroatoms. The van der Waals surface area contributed by atoms with Crippen molar-refractivity contribution < 1.29 is 19.0 Å². The number of carbonyl (C=O) groups is 1. The van der Waals surface area contributed by atoms with Crippen LogP contribution < -0.4 is 14.8 Å². The molecule has 6 nitrogen and oxygen atoms in total. The second-order valence-electron chi connectivity index (χ2n) is 7.03. The van der Waals surface area contributed by atoms with Crippen LogP contribution in [0.5, 0.6) is 11.5 Å². The second kappa shape index (κ2) is 8.10. The maximum absolute atomic E-state index is 13.3. The highest BCUT2D eigenvalue weighted by Gasteiger charge is 2.35. The Morgan fingerprint density at radius 2 is 2.07 bits per heavy atom. The summed E-state index contributed by atoms with van der Waals surface area (Å²) < 4.78 is 17.0. The zero-order valence-corrected chi connectivity index (χ0v) is 16.3. The Balaban J connectivity index is 1.70. The maximum Gasteiger partial charge on any atom is 0.257 e. The van der Waals surface area contributed by atoms with E-state index in [4.69, 9.17) is 14.2 Å². The van der Waals surface area contributed by atoms with Crippen LogP contribution in [0.1, 0.15) is 41.9 Å². The van der Waals surface area contributed by atoms with Crippen molar-refractivity contribution in [2.45, 2.75) is 32.0 Å². The highest BCUT2D eigenvalue weighted by atomic mass is 16.5. The molecule has 4 rings (SSSR count). The van der Waals surface area contributed by atoms with Crippen LogP contribution >= 0.6 is 0 Å². The zero-order chi connectivity index (χ0) is 19.5. The van der Waals surface area contributed by atoms with Crippen molar-refractivity contribution >= 4 is 11.6 Å². The van der Waals surface area contributed by atoms with E-state index in [0.717, 1.165) is 30.7 Å². The van der Waals surface area contributed by atoms with Gasteiger partial charge in [-0.3, -0.25) is 4.79 Å². The van der Waals surface area contributed by atoms with Gasteiger partial charge in [0, 0.05) is 18.8 Å². The summed E-state index contributed by atoms with van der Waals surface area (Å²) in [7, 11) is 1.63. The molecule has 28 heavy (non-hydrogen) atoms. The average molecular weight is 382 g/mol. The molecule has 0 unspecified atom stereocenters. The van der Waals surface area contributed by atoms with Gasteiger partial charge in [-0.15, -0.1) is 0 Å². The van der Waals surface area contributed by atoms with Gasteiger partial charge in [-0.2, -0.15) is 0 Å². The van der Waals surface area contributed by atoms with Crippen LogP contribution in [0, 0.1) is 0 Å². The molecule has 0 bridgehead atoms. The second-order valence-corrected chi connectivity index (χ2v) is 7.03. The summed E-state index contributed by atoms with van der Waals surface area (Å²) in [4.78, 5) is 15.2. The number of ether oxygens (including phenoxy) is 3. The SMILES string of the molecule is CCOc1ccc([C@@H]2Nc3ccccc3C(=O)N2C[C@@H]2CCCO2)cc1OC. The molecule has 2 aliphatic rings. The first kappa shape index (κ1) is 18.6. The van der Waals surface area contributed by atoms with Crippen LogP contribution in [0.25, 0.3) is 0 Å². The third kappa shape index (κ3) is 3.52. The predicted molar refractivity (Wildman–Crippen MR) is 107 cm³/mol. The lowest BCUT2D eigenvalue weighted by Gasteiger charge is -2.39. The first-order valence-corrected chi connectivity index (χ1v) is 9.80. The van der Waals surface area contributed by atoms with Crippen LogP contribution in [0.3, 0.4) is 0 Å². The summed E-state index contributed by atoms with van der Waals surface area (Å²) >= 11 is 0. The number of fused-ring (bicyclic) bond motifs is 1. The van der Waals surface area contributed by atoms with Crippen LogP contribution in [-0.2, 0) is 4.74 Å². The van der Waals surface area contributed by atoms with Gasteiger partial charge in [0.15, 0.2) is 11.5 Å². The topological polar surface area (TPSA) is 60.0 Å². The average Bonchev–Trinajstić information content (AvgIpc) is 3.24. The molecule has 1 fully saturated rings. The summed E-state index contributed by atoms with van der Waals surface area (Å²) in [6.45, 7) is 3.82. The first-order chi connectivity index (χ1) is 13.7. The number of methoxy groups -OCH3 is 1. The van der Waals surface area contributed by atoms with Crippen molar-refractivity contribution in [3.63, 3.8) is 0 Å². The number of nitrogens with zero attached hydrogens (tertiary/aromatic N) is 1. The fourth-order valence-corrected chi connectivity index (χ4v) is 3.88. The molecule has 0 saturated carbocycles. The van der Waals surface area contributed by atoms with E-state index in [0.29, 0.717) is 30.2 Å². The van der Waals surface area contributed by atoms with Gasteiger partial charge in [0.05, 0.1) is 25.4 Å². The third-order valence-corrected chi connectivity index (χ3v) is 5.25. The first-order valence-electron chi connectivity index (χ1n) is 9.80. The van der Waals surface area contributed by atoms with E-state index in [9.17, 15) is 4.79 Å². The monoisotopic (exact) mass is 382 g/mol. The van der Waals surface area contributed by atoms with E-state index >= 15 is 0 Å². The molecule has 2 aromatic carbocycles. The Bertz CT molecular complexity index is 848. The summed E-state index contributed by atoms with van der Waals surface area (Å²) in [5, 5.41) is 3.52. The van der Waals surface area contributed by atoms with Gasteiger partial charge in [-0.1, -0.05) is 18.2 Å². The lowest BCUT2D eigenvalue weighted by molar-refractivity contribution is 0.0426. The van der Waals surface area contributed by atoms with E-state index < -0.39 is 0 Å². The van der Waals surface area contributed by atoms with Gasteiger partial charge < -0.3 is 24.4 Å². The Kier molecular flexibility index (Phi) is 5.39. The van der Waals surface area contributed by atoms with E-state index in [1.807, 2.05) is 54.3 Å². The molecule has 2 heterocycles. The summed E-state index contributed by atoms with van der Waals surface area (Å²) in [5.41, 5.74) is 2.48. The molecule has 0 spiro atoms. The van der Waals surface area contributed by atoms with Crippen molar-refractivity contribution in [1.82, 2.24) is 4.90 Å². The number of hydrogen-bond acceptors (Lipinski definition) is 5. The van der Waals surface area contributed by atoms with Crippen molar-refractivity contribution in [3.05, 3.63) is 53.6 Å². The molecular formula is C22H26N2O4. The Morgan fingerprint density at radius 3 is 2.82 bits per heavy atom. The highest BCUT2D eigenvalue weighted by Crippen LogP contribution is 2.37. The minimum Gasteiger partial charge on any atom is -0.493 e. The summed E-state index contributed by atoms with van der Waals surface area (Å²) in [6.07, 6.45) is 1.79. The van der Waals surface area contributed by atoms with Gasteiger partial charge in [0.25, 0.3) is 5.91 Å². The van der Waals surface area contributed by atoms with Crippen LogP contribution in [0.4, 0.5) is 5.69 Å². The molecule has 148 valence electrons. The van der Waals surface area contributed by atoms with Crippen molar-refractivity contribution in [2.75, 3.05) is 32.2 Å². The largest absolute Gasteiger partial charge is 0.493 e. The van der Waals surface area contributed by atoms with Gasteiger partial charge in [-0.05, 0) is 49.6 Å². The van der Waals surface area contributed by atoms with Crippen LogP contribution in [0.15, 0.2) is 42.5 Å². The van der Waals surface area contributed by atoms with Gasteiger partial charge in [0.2, 0.25) is 0 Å². The van der Waals surface area contributed by atoms with E-state index in [1.54, 1.807) is 7.11 Å². The molecule has 2 atom stereocenters. The van der Waals surface area contributed by atoms with Gasteiger partial charge in [-0.25, -0.2) is 0 Å². The van der Waals surface area contributed by atoms with Crippen molar-refractivity contribution in [3.8, 4) is 11.5 Å². The normalized spacial score (nSPS) is 21.2. The quantitative estimate of drug-likeness (QED) is 0.823. The molecule has 0 radical (unpaired) electrons. The molecule has 0 aromatic heterocycles. The predicted octanol–water partition coefficient (Wildman–Crippen LogP) is 3.84. The fraction of sp³-hybridized carbons (Fsp3) is 0.409. The highest BCUT2D eigenvalue weighted by molar-refractivity contribution is 6.01. The molecular weight excluding hydrogens is 356 g/mol. The molecule has 1 amide bonds. The lowest BCUT2D eigenvalue weighted by Crippen LogP contribution is -2.46. The number of rotatable bonds is 6. The molecule has 2 aliphatic heterocycles. The van der Waals surface area contributed by atoms with E-state index in [-0.39, 0.29) is 18.2 Å². The summed E-state index contributed by atoms with van der Waals surface area (Å²) in [5.74, 6) is 1.37. The van der Waals surface area contributed by atoms with Gasteiger partial charge >= 0.3 is 0 Å². The van der Waals surface area contributed by atoms with Crippen LogP contribution in [-0.4, -0.2) is 43.8 Å². The molecule has 1 saturated heterocycles. The maximum atomic E-state index is 13.3. The smallest absolute Gasteiger partial charge is 0.257 e. The van der Waals surface area contributed by atoms with Crippen LogP contribution in [0.2, 0.25) is 0 Å². The number of carbonyl (C=O) groups excluding carboxylic acids is 1. The minimum atomic E-state index is -0.295. The van der Waals surface area contributed by atoms with Gasteiger partial charge in [0.1, 0.15) is 6.17 Å². The van der Waals surface area contributed by atoms with Crippen molar-refractivity contribution in [1.29, 1.82) is 0 Å². The van der Waals surface area contributed by atoms with E-state index in [2.05, 4.69) is 5.32 Å². The van der Waals surface area contributed by atoms with Crippen molar-refractivity contribution in [2.24, 2.45) is 0 Å². The zero-order valence-electron chi connectivity index (χ0n) is 16.3. The molecule has 2 aromatic rings. The Morgan fingerprint density at radius 1 is 1.21 bits per heavy atom. The molecule has 1 N–H and O–H groups in total. The number of para-hydroxylation sites is 1. The fourth-order valence-electron chi connectivity index (χ4n) is 3.88. The lowest BCUT2D eigenvalue weighted by atomic mass is 10.0. The number of hydrogen-bond donors (Lipinski definition) is 1. The standard InChI is InChI=1S/C22H26N2O4/c1-3-27-19-11-10-15(13-20(19)26-2)21-23-18-9-5-4-8-17(18)22(25)24(21)14-16-7-6-12-28-16/h4-5,8-11,13,16,21,23H,3,6-7,12,14H2,1-2H3/t16-,21+/m0/s1. The Hall–Kier alpha value is -2.73. The number of benzene rings is 2. The van der Waals surface area contributed by atoms with E-state index in [1.165, 1.54) is 0 Å². The third-order valence-electron chi connectivity index (χ3n) is 5.25. The number of anilines is 1. The Labute approximate surface area is 165 Å². The number of nitrogens with one attached hydrogen (secondary N) is 1. The summed E-state index contributed by atoms with van der Waals surface area (Å²) in [6, 6.07) is 13.4. The minimum absolute atomic E-state index is 0.0164.